The molecule has 0 radical (unpaired) electrons. The number of rotatable bonds is 2. The molecule has 0 bridgehead atoms. The van der Waals surface area contributed by atoms with Gasteiger partial charge in [0.1, 0.15) is 0 Å². The molecular weight excluding hydrogens is 287 g/mol. The van der Waals surface area contributed by atoms with Crippen molar-refractivity contribution in [2.45, 2.75) is 26.4 Å². The highest BCUT2D eigenvalue weighted by atomic mass is 19.4. The molecule has 0 atom stereocenters. The quantitative estimate of drug-likeness (QED) is 0.568. The van der Waals surface area contributed by atoms with E-state index in [-0.39, 0.29) is 6.42 Å². The third-order valence-electron chi connectivity index (χ3n) is 4.11. The summed E-state index contributed by atoms with van der Waals surface area (Å²) in [5.74, 6) is 0. The molecule has 1 aromatic heterocycles. The second-order valence-electron chi connectivity index (χ2n) is 6.28. The van der Waals surface area contributed by atoms with E-state index < -0.39 is 11.6 Å². The summed E-state index contributed by atoms with van der Waals surface area (Å²) in [6.07, 6.45) is -0.726. The molecule has 114 valence electrons. The first kappa shape index (κ1) is 14.8. The standard InChI is InChI=1S/C18H16F3N/c1-17(2,18(19,20)21)10-12-3-6-15-13(9-12)4-5-14-11-22-8-7-16(14)15/h3-9,11H,10H2,1-2H3. The number of alkyl halides is 3. The molecule has 0 saturated heterocycles. The molecule has 0 fully saturated rings. The van der Waals surface area contributed by atoms with Crippen LogP contribution in [0.25, 0.3) is 21.5 Å². The summed E-state index contributed by atoms with van der Waals surface area (Å²) >= 11 is 0. The van der Waals surface area contributed by atoms with Gasteiger partial charge in [0, 0.05) is 17.8 Å². The van der Waals surface area contributed by atoms with Crippen LogP contribution in [0.4, 0.5) is 13.2 Å². The minimum atomic E-state index is -4.21. The van der Waals surface area contributed by atoms with Crippen molar-refractivity contribution in [1.82, 2.24) is 4.98 Å². The monoisotopic (exact) mass is 303 g/mol. The van der Waals surface area contributed by atoms with Crippen molar-refractivity contribution >= 4 is 21.5 Å². The lowest BCUT2D eigenvalue weighted by atomic mass is 9.84. The topological polar surface area (TPSA) is 12.9 Å². The zero-order valence-corrected chi connectivity index (χ0v) is 12.4. The lowest BCUT2D eigenvalue weighted by Crippen LogP contribution is -2.34. The van der Waals surface area contributed by atoms with E-state index in [2.05, 4.69) is 4.98 Å². The highest BCUT2D eigenvalue weighted by Gasteiger charge is 2.46. The van der Waals surface area contributed by atoms with Gasteiger partial charge in [0.15, 0.2) is 0 Å². The Morgan fingerprint density at radius 2 is 1.59 bits per heavy atom. The highest BCUT2D eigenvalue weighted by Crippen LogP contribution is 2.40. The molecular formula is C18H16F3N. The predicted molar refractivity (Wildman–Crippen MR) is 82.8 cm³/mol. The van der Waals surface area contributed by atoms with Crippen LogP contribution >= 0.6 is 0 Å². The number of pyridine rings is 1. The minimum Gasteiger partial charge on any atom is -0.264 e. The average Bonchev–Trinajstić information content (AvgIpc) is 2.45. The van der Waals surface area contributed by atoms with Crippen molar-refractivity contribution in [2.75, 3.05) is 0 Å². The number of fused-ring (bicyclic) bond motifs is 3. The second kappa shape index (κ2) is 4.97. The molecule has 3 rings (SSSR count). The van der Waals surface area contributed by atoms with Crippen LogP contribution in [0.5, 0.6) is 0 Å². The number of aromatic nitrogens is 1. The van der Waals surface area contributed by atoms with E-state index in [0.29, 0.717) is 5.56 Å². The summed E-state index contributed by atoms with van der Waals surface area (Å²) in [4.78, 5) is 4.09. The molecule has 0 saturated carbocycles. The number of halogens is 3. The molecule has 0 spiro atoms. The number of hydrogen-bond acceptors (Lipinski definition) is 1. The van der Waals surface area contributed by atoms with Crippen molar-refractivity contribution in [1.29, 1.82) is 0 Å². The normalized spacial score (nSPS) is 13.0. The van der Waals surface area contributed by atoms with Gasteiger partial charge in [0.2, 0.25) is 0 Å². The van der Waals surface area contributed by atoms with E-state index >= 15 is 0 Å². The number of hydrogen-bond donors (Lipinski definition) is 0. The van der Waals surface area contributed by atoms with E-state index in [9.17, 15) is 13.2 Å². The Balaban J connectivity index is 2.06. The Kier molecular flexibility index (Phi) is 3.35. The summed E-state index contributed by atoms with van der Waals surface area (Å²) in [5, 5.41) is 4.08. The van der Waals surface area contributed by atoms with Crippen LogP contribution in [0.2, 0.25) is 0 Å². The predicted octanol–water partition coefficient (Wildman–Crippen LogP) is 5.52. The fourth-order valence-electron chi connectivity index (χ4n) is 2.68. The molecule has 4 heteroatoms. The summed E-state index contributed by atoms with van der Waals surface area (Å²) in [7, 11) is 0. The van der Waals surface area contributed by atoms with Gasteiger partial charge in [0.05, 0.1) is 5.41 Å². The van der Waals surface area contributed by atoms with Crippen LogP contribution in [0.1, 0.15) is 19.4 Å². The van der Waals surface area contributed by atoms with Gasteiger partial charge in [-0.2, -0.15) is 13.2 Å². The van der Waals surface area contributed by atoms with Crippen LogP contribution in [0.3, 0.4) is 0 Å². The first-order valence-electron chi connectivity index (χ1n) is 7.10. The van der Waals surface area contributed by atoms with Crippen LogP contribution in [0.15, 0.2) is 48.8 Å². The number of nitrogens with zero attached hydrogens (tertiary/aromatic N) is 1. The molecule has 22 heavy (non-hydrogen) atoms. The maximum atomic E-state index is 13.0. The maximum absolute atomic E-state index is 13.0. The molecule has 0 aliphatic heterocycles. The Morgan fingerprint density at radius 1 is 0.909 bits per heavy atom. The van der Waals surface area contributed by atoms with Gasteiger partial charge >= 0.3 is 6.18 Å². The second-order valence-corrected chi connectivity index (χ2v) is 6.28. The molecule has 0 amide bonds. The molecule has 1 heterocycles. The lowest BCUT2D eigenvalue weighted by molar-refractivity contribution is -0.211. The third-order valence-corrected chi connectivity index (χ3v) is 4.11. The third kappa shape index (κ3) is 2.54. The number of benzene rings is 2. The smallest absolute Gasteiger partial charge is 0.264 e. The summed E-state index contributed by atoms with van der Waals surface area (Å²) in [6.45, 7) is 2.48. The average molecular weight is 303 g/mol. The van der Waals surface area contributed by atoms with Crippen LogP contribution < -0.4 is 0 Å². The maximum Gasteiger partial charge on any atom is 0.394 e. The lowest BCUT2D eigenvalue weighted by Gasteiger charge is -2.27. The van der Waals surface area contributed by atoms with E-state index in [4.69, 9.17) is 0 Å². The van der Waals surface area contributed by atoms with E-state index in [0.717, 1.165) is 21.5 Å². The van der Waals surface area contributed by atoms with Crippen molar-refractivity contribution < 1.29 is 13.2 Å². The van der Waals surface area contributed by atoms with Crippen LogP contribution in [0, 0.1) is 5.41 Å². The molecule has 1 nitrogen and oxygen atoms in total. The van der Waals surface area contributed by atoms with E-state index in [1.165, 1.54) is 13.8 Å². The molecule has 2 aromatic carbocycles. The fourth-order valence-corrected chi connectivity index (χ4v) is 2.68. The van der Waals surface area contributed by atoms with Crippen molar-refractivity contribution in [3.8, 4) is 0 Å². The van der Waals surface area contributed by atoms with Crippen LogP contribution in [-0.2, 0) is 6.42 Å². The molecule has 0 unspecified atom stereocenters. The van der Waals surface area contributed by atoms with E-state index in [1.54, 1.807) is 18.5 Å². The first-order chi connectivity index (χ1) is 10.3. The first-order valence-corrected chi connectivity index (χ1v) is 7.10. The Labute approximate surface area is 126 Å². The summed E-state index contributed by atoms with van der Waals surface area (Å²) in [5.41, 5.74) is -1.04. The summed E-state index contributed by atoms with van der Waals surface area (Å²) in [6, 6.07) is 11.3. The Bertz CT molecular complexity index is 834. The minimum absolute atomic E-state index is 0.0270. The van der Waals surface area contributed by atoms with Gasteiger partial charge in [-0.25, -0.2) is 0 Å². The zero-order valence-electron chi connectivity index (χ0n) is 12.4. The van der Waals surface area contributed by atoms with Gasteiger partial charge in [-0.05, 0) is 34.2 Å². The van der Waals surface area contributed by atoms with Gasteiger partial charge < -0.3 is 0 Å². The molecule has 3 aromatic rings. The Hall–Kier alpha value is -2.10. The van der Waals surface area contributed by atoms with Crippen molar-refractivity contribution in [3.63, 3.8) is 0 Å². The van der Waals surface area contributed by atoms with Crippen molar-refractivity contribution in [2.24, 2.45) is 5.41 Å². The Morgan fingerprint density at radius 3 is 2.32 bits per heavy atom. The molecule has 0 aliphatic rings. The fraction of sp³-hybridized carbons (Fsp3) is 0.278. The van der Waals surface area contributed by atoms with Crippen LogP contribution in [-0.4, -0.2) is 11.2 Å². The van der Waals surface area contributed by atoms with Gasteiger partial charge in [-0.3, -0.25) is 4.98 Å². The molecule has 0 N–H and O–H groups in total. The van der Waals surface area contributed by atoms with Gasteiger partial charge in [0.25, 0.3) is 0 Å². The van der Waals surface area contributed by atoms with Gasteiger partial charge in [-0.1, -0.05) is 44.2 Å². The SMILES string of the molecule is CC(C)(Cc1ccc2c(ccc3cnccc32)c1)C(F)(F)F. The highest BCUT2D eigenvalue weighted by molar-refractivity contribution is 6.07. The van der Waals surface area contributed by atoms with Crippen molar-refractivity contribution in [3.05, 3.63) is 54.4 Å². The zero-order chi connectivity index (χ0) is 16.0. The largest absolute Gasteiger partial charge is 0.394 e. The van der Waals surface area contributed by atoms with Gasteiger partial charge in [-0.15, -0.1) is 0 Å². The van der Waals surface area contributed by atoms with E-state index in [1.807, 2.05) is 30.3 Å². The molecule has 0 aliphatic carbocycles. The summed E-state index contributed by atoms with van der Waals surface area (Å²) < 4.78 is 39.1.